The van der Waals surface area contributed by atoms with Crippen molar-refractivity contribution in [2.45, 2.75) is 11.3 Å². The lowest BCUT2D eigenvalue weighted by Crippen LogP contribution is -2.26. The van der Waals surface area contributed by atoms with E-state index in [1.807, 2.05) is 18.2 Å². The van der Waals surface area contributed by atoms with Gasteiger partial charge in [0.25, 0.3) is 0 Å². The van der Waals surface area contributed by atoms with E-state index in [2.05, 4.69) is 49.9 Å². The zero-order chi connectivity index (χ0) is 14.6. The van der Waals surface area contributed by atoms with Crippen LogP contribution in [0.4, 0.5) is 0 Å². The zero-order valence-electron chi connectivity index (χ0n) is 10.5. The molecular weight excluding hydrogens is 500 g/mol. The number of halogens is 2. The summed E-state index contributed by atoms with van der Waals surface area (Å²) in [5, 5.41) is 0. The molecule has 2 aromatic carbocycles. The van der Waals surface area contributed by atoms with Crippen LogP contribution in [0, 0.1) is 7.14 Å². The summed E-state index contributed by atoms with van der Waals surface area (Å²) in [4.78, 5) is 0.303. The average Bonchev–Trinajstić information content (AvgIpc) is 2.43. The first-order valence-corrected chi connectivity index (χ1v) is 9.62. The summed E-state index contributed by atoms with van der Waals surface area (Å²) in [6, 6.07) is 14.5. The van der Waals surface area contributed by atoms with Gasteiger partial charge in [-0.05, 0) is 81.4 Å². The molecule has 2 aromatic rings. The largest absolute Gasteiger partial charge is 0.240 e. The van der Waals surface area contributed by atoms with Gasteiger partial charge >= 0.3 is 0 Å². The fourth-order valence-electron chi connectivity index (χ4n) is 1.76. The molecule has 20 heavy (non-hydrogen) atoms. The van der Waals surface area contributed by atoms with Crippen LogP contribution in [0.3, 0.4) is 0 Å². The molecule has 6 heteroatoms. The molecule has 0 saturated heterocycles. The number of sulfonamides is 1. The zero-order valence-corrected chi connectivity index (χ0v) is 15.6. The molecule has 0 heterocycles. The normalized spacial score (nSPS) is 11.5. The summed E-state index contributed by atoms with van der Waals surface area (Å²) >= 11 is 4.55. The van der Waals surface area contributed by atoms with Crippen LogP contribution < -0.4 is 4.72 Å². The van der Waals surface area contributed by atoms with Gasteiger partial charge in [-0.1, -0.05) is 24.3 Å². The van der Waals surface area contributed by atoms with Gasteiger partial charge in [-0.15, -0.1) is 0 Å². The Morgan fingerprint density at radius 3 is 2.10 bits per heavy atom. The Balaban J connectivity index is 2.03. The molecule has 0 fully saturated rings. The van der Waals surface area contributed by atoms with Crippen LogP contribution in [0.2, 0.25) is 0 Å². The van der Waals surface area contributed by atoms with E-state index in [1.54, 1.807) is 30.3 Å². The van der Waals surface area contributed by atoms with Crippen molar-refractivity contribution in [3.8, 4) is 0 Å². The van der Waals surface area contributed by atoms with E-state index in [0.717, 1.165) is 7.14 Å². The molecule has 0 aliphatic rings. The van der Waals surface area contributed by atoms with Crippen LogP contribution >= 0.6 is 45.2 Å². The summed E-state index contributed by atoms with van der Waals surface area (Å²) < 4.78 is 29.1. The maximum atomic E-state index is 12.1. The molecule has 0 spiro atoms. The Morgan fingerprint density at radius 2 is 1.50 bits per heavy atom. The first-order valence-electron chi connectivity index (χ1n) is 5.98. The first kappa shape index (κ1) is 16.2. The van der Waals surface area contributed by atoms with E-state index >= 15 is 0 Å². The molecular formula is C14H13I2NO2S. The highest BCUT2D eigenvalue weighted by Gasteiger charge is 2.13. The highest BCUT2D eigenvalue weighted by Crippen LogP contribution is 2.19. The van der Waals surface area contributed by atoms with Crippen LogP contribution in [0.5, 0.6) is 0 Å². The third-order valence-electron chi connectivity index (χ3n) is 2.78. The highest BCUT2D eigenvalue weighted by atomic mass is 127. The van der Waals surface area contributed by atoms with Crippen molar-refractivity contribution in [2.75, 3.05) is 6.54 Å². The Hall–Kier alpha value is -0.190. The number of rotatable bonds is 5. The van der Waals surface area contributed by atoms with E-state index in [9.17, 15) is 8.42 Å². The van der Waals surface area contributed by atoms with Crippen molar-refractivity contribution in [1.82, 2.24) is 4.72 Å². The van der Waals surface area contributed by atoms with Crippen molar-refractivity contribution in [3.63, 3.8) is 0 Å². The predicted octanol–water partition coefficient (Wildman–Crippen LogP) is 3.42. The van der Waals surface area contributed by atoms with E-state index in [4.69, 9.17) is 0 Å². The molecule has 3 nitrogen and oxygen atoms in total. The van der Waals surface area contributed by atoms with Crippen LogP contribution in [-0.2, 0) is 16.4 Å². The van der Waals surface area contributed by atoms with Crippen LogP contribution in [-0.4, -0.2) is 15.0 Å². The molecule has 0 radical (unpaired) electrons. The molecule has 2 rings (SSSR count). The molecule has 0 saturated carbocycles. The molecule has 0 bridgehead atoms. The highest BCUT2D eigenvalue weighted by molar-refractivity contribution is 14.1. The molecule has 1 N–H and O–H groups in total. The Morgan fingerprint density at radius 1 is 0.900 bits per heavy atom. The number of hydrogen-bond donors (Lipinski definition) is 1. The van der Waals surface area contributed by atoms with Crippen molar-refractivity contribution in [1.29, 1.82) is 0 Å². The molecule has 0 aromatic heterocycles. The average molecular weight is 513 g/mol. The van der Waals surface area contributed by atoms with Gasteiger partial charge in [0.1, 0.15) is 0 Å². The second kappa shape index (κ2) is 7.19. The summed E-state index contributed by atoms with van der Waals surface area (Å²) in [7, 11) is -3.41. The number of nitrogens with one attached hydrogen (secondary N) is 1. The fourth-order valence-corrected chi connectivity index (χ4v) is 4.87. The monoisotopic (exact) mass is 513 g/mol. The standard InChI is InChI=1S/C14H13I2NO2S/c15-13-7-4-8-14(16)12(13)9-10-17-20(18,19)11-5-2-1-3-6-11/h1-8,17H,9-10H2. The SMILES string of the molecule is O=S(=O)(NCCc1c(I)cccc1I)c1ccccc1. The maximum absolute atomic E-state index is 12.1. The smallest absolute Gasteiger partial charge is 0.211 e. The minimum absolute atomic E-state index is 0.303. The molecule has 0 amide bonds. The molecule has 0 unspecified atom stereocenters. The van der Waals surface area contributed by atoms with Gasteiger partial charge in [0.05, 0.1) is 4.90 Å². The lowest BCUT2D eigenvalue weighted by molar-refractivity contribution is 0.581. The second-order valence-corrected chi connectivity index (χ2v) is 8.25. The van der Waals surface area contributed by atoms with Crippen molar-refractivity contribution < 1.29 is 8.42 Å². The summed E-state index contributed by atoms with van der Waals surface area (Å²) in [5.74, 6) is 0. The second-order valence-electron chi connectivity index (χ2n) is 4.16. The van der Waals surface area contributed by atoms with Gasteiger partial charge in [0.15, 0.2) is 0 Å². The Labute approximate surface area is 146 Å². The molecule has 0 aliphatic heterocycles. The minimum Gasteiger partial charge on any atom is -0.211 e. The first-order chi connectivity index (χ1) is 9.50. The minimum atomic E-state index is -3.41. The van der Waals surface area contributed by atoms with Crippen LogP contribution in [0.1, 0.15) is 5.56 Å². The molecule has 106 valence electrons. The predicted molar refractivity (Wildman–Crippen MR) is 97.2 cm³/mol. The topological polar surface area (TPSA) is 46.2 Å². The third kappa shape index (κ3) is 4.15. The van der Waals surface area contributed by atoms with Crippen molar-refractivity contribution in [3.05, 3.63) is 61.2 Å². The van der Waals surface area contributed by atoms with Gasteiger partial charge in [0, 0.05) is 13.7 Å². The fraction of sp³-hybridized carbons (Fsp3) is 0.143. The van der Waals surface area contributed by atoms with E-state index < -0.39 is 10.0 Å². The van der Waals surface area contributed by atoms with Crippen molar-refractivity contribution >= 4 is 55.2 Å². The summed E-state index contributed by atoms with van der Waals surface area (Å²) in [6.45, 7) is 0.396. The molecule has 0 atom stereocenters. The quantitative estimate of drug-likeness (QED) is 0.624. The maximum Gasteiger partial charge on any atom is 0.240 e. The van der Waals surface area contributed by atoms with Gasteiger partial charge in [0.2, 0.25) is 10.0 Å². The number of benzene rings is 2. The van der Waals surface area contributed by atoms with Gasteiger partial charge in [-0.2, -0.15) is 0 Å². The van der Waals surface area contributed by atoms with Crippen LogP contribution in [0.25, 0.3) is 0 Å². The van der Waals surface area contributed by atoms with Gasteiger partial charge in [-0.25, -0.2) is 13.1 Å². The lowest BCUT2D eigenvalue weighted by atomic mass is 10.2. The van der Waals surface area contributed by atoms with Crippen LogP contribution in [0.15, 0.2) is 53.4 Å². The summed E-state index contributed by atoms with van der Waals surface area (Å²) in [6.07, 6.45) is 0.684. The Kier molecular flexibility index (Phi) is 5.82. The lowest BCUT2D eigenvalue weighted by Gasteiger charge is -2.09. The van der Waals surface area contributed by atoms with Crippen molar-refractivity contribution in [2.24, 2.45) is 0 Å². The summed E-state index contributed by atoms with van der Waals surface area (Å²) in [5.41, 5.74) is 1.18. The van der Waals surface area contributed by atoms with Gasteiger partial charge in [-0.3, -0.25) is 0 Å². The van der Waals surface area contributed by atoms with E-state index in [0.29, 0.717) is 17.9 Å². The third-order valence-corrected chi connectivity index (χ3v) is 6.28. The van der Waals surface area contributed by atoms with E-state index in [-0.39, 0.29) is 0 Å². The Bertz CT molecular complexity index is 667. The molecule has 0 aliphatic carbocycles. The van der Waals surface area contributed by atoms with Gasteiger partial charge < -0.3 is 0 Å². The number of hydrogen-bond acceptors (Lipinski definition) is 2. The van der Waals surface area contributed by atoms with E-state index in [1.165, 1.54) is 5.56 Å².